The Morgan fingerprint density at radius 2 is 1.97 bits per heavy atom. The fraction of sp³-hybridized carbons (Fsp3) is 0.800. The number of guanidine groups is 1. The Labute approximate surface area is 191 Å². The molecule has 2 unspecified atom stereocenters. The van der Waals surface area contributed by atoms with Gasteiger partial charge in [0.25, 0.3) is 0 Å². The Hall–Kier alpha value is -1.39. The quantitative estimate of drug-likeness (QED) is 0.213. The van der Waals surface area contributed by atoms with Gasteiger partial charge in [-0.2, -0.15) is 0 Å². The van der Waals surface area contributed by atoms with Gasteiger partial charge in [-0.05, 0) is 45.4 Å². The van der Waals surface area contributed by atoms with Gasteiger partial charge in [-0.3, -0.25) is 4.79 Å². The molecule has 0 spiro atoms. The molecule has 1 aromatic rings. The van der Waals surface area contributed by atoms with Gasteiger partial charge in [0.1, 0.15) is 12.4 Å². The molecule has 0 aromatic carbocycles. The van der Waals surface area contributed by atoms with Crippen LogP contribution in [-0.2, 0) is 18.4 Å². The minimum absolute atomic E-state index is 0. The Morgan fingerprint density at radius 1 is 1.17 bits per heavy atom. The maximum absolute atomic E-state index is 12.4. The summed E-state index contributed by atoms with van der Waals surface area (Å²) in [5.74, 6) is 2.89. The van der Waals surface area contributed by atoms with Crippen molar-refractivity contribution in [1.82, 2.24) is 30.7 Å². The second-order valence-corrected chi connectivity index (χ2v) is 8.16. The van der Waals surface area contributed by atoms with Crippen LogP contribution >= 0.6 is 24.0 Å². The summed E-state index contributed by atoms with van der Waals surface area (Å²) in [6.45, 7) is 5.49. The number of aliphatic imine (C=N–C) groups is 1. The van der Waals surface area contributed by atoms with E-state index < -0.39 is 0 Å². The van der Waals surface area contributed by atoms with Crippen molar-refractivity contribution in [3.05, 3.63) is 11.6 Å². The maximum atomic E-state index is 12.4. The van der Waals surface area contributed by atoms with Gasteiger partial charge in [0.2, 0.25) is 5.91 Å². The van der Waals surface area contributed by atoms with Crippen molar-refractivity contribution in [2.45, 2.75) is 83.8 Å². The lowest BCUT2D eigenvalue weighted by molar-refractivity contribution is -0.126. The number of unbranched alkanes of at least 4 members (excludes halogenated alkanes) is 1. The summed E-state index contributed by atoms with van der Waals surface area (Å²) in [7, 11) is 1.96. The number of carbonyl (C=O) groups is 1. The average molecular weight is 517 g/mol. The van der Waals surface area contributed by atoms with Crippen LogP contribution < -0.4 is 16.0 Å². The zero-order valence-corrected chi connectivity index (χ0v) is 20.2. The third-order valence-electron chi connectivity index (χ3n) is 5.69. The average Bonchev–Trinajstić information content (AvgIpc) is 3.45. The molecule has 9 heteroatoms. The van der Waals surface area contributed by atoms with Gasteiger partial charge in [0, 0.05) is 31.6 Å². The van der Waals surface area contributed by atoms with E-state index in [1.165, 1.54) is 0 Å². The van der Waals surface area contributed by atoms with E-state index in [2.05, 4.69) is 33.1 Å². The van der Waals surface area contributed by atoms with Gasteiger partial charge < -0.3 is 20.5 Å². The topological polar surface area (TPSA) is 96.2 Å². The summed E-state index contributed by atoms with van der Waals surface area (Å²) in [6.07, 6.45) is 8.52. The third kappa shape index (κ3) is 7.42. The molecule has 0 radical (unpaired) electrons. The van der Waals surface area contributed by atoms with Crippen molar-refractivity contribution in [3.8, 4) is 0 Å². The minimum Gasteiger partial charge on any atom is -0.356 e. The van der Waals surface area contributed by atoms with Crippen molar-refractivity contribution < 1.29 is 4.79 Å². The van der Waals surface area contributed by atoms with Crippen LogP contribution in [0.2, 0.25) is 0 Å². The number of halogens is 1. The van der Waals surface area contributed by atoms with Gasteiger partial charge >= 0.3 is 0 Å². The van der Waals surface area contributed by atoms with E-state index in [1.807, 2.05) is 18.5 Å². The number of hydrogen-bond donors (Lipinski definition) is 3. The first-order valence-corrected chi connectivity index (χ1v) is 10.8. The van der Waals surface area contributed by atoms with Crippen LogP contribution in [0.15, 0.2) is 4.99 Å². The number of rotatable bonds is 8. The summed E-state index contributed by atoms with van der Waals surface area (Å²) < 4.78 is 1.96. The molecular weight excluding hydrogens is 481 g/mol. The number of nitrogens with one attached hydrogen (secondary N) is 3. The summed E-state index contributed by atoms with van der Waals surface area (Å²) in [6, 6.07) is 0.710. The highest BCUT2D eigenvalue weighted by atomic mass is 127. The first kappa shape index (κ1) is 23.9. The van der Waals surface area contributed by atoms with Crippen LogP contribution in [0, 0.1) is 12.8 Å². The monoisotopic (exact) mass is 517 g/mol. The smallest absolute Gasteiger partial charge is 0.223 e. The molecule has 2 atom stereocenters. The van der Waals surface area contributed by atoms with Gasteiger partial charge in [-0.15, -0.1) is 34.2 Å². The zero-order valence-electron chi connectivity index (χ0n) is 17.9. The van der Waals surface area contributed by atoms with Gasteiger partial charge in [0.15, 0.2) is 11.8 Å². The second kappa shape index (κ2) is 11.7. The zero-order chi connectivity index (χ0) is 19.9. The number of carbonyl (C=O) groups excluding carboxylic acids is 1. The van der Waals surface area contributed by atoms with Crippen molar-refractivity contribution >= 4 is 35.8 Å². The van der Waals surface area contributed by atoms with Gasteiger partial charge in [0.05, 0.1) is 0 Å². The Balaban J connectivity index is 0.00000300. The van der Waals surface area contributed by atoms with E-state index in [-0.39, 0.29) is 41.8 Å². The maximum Gasteiger partial charge on any atom is 0.223 e. The first-order valence-electron chi connectivity index (χ1n) is 10.8. The second-order valence-electron chi connectivity index (χ2n) is 8.16. The summed E-state index contributed by atoms with van der Waals surface area (Å²) >= 11 is 0. The molecule has 29 heavy (non-hydrogen) atoms. The summed E-state index contributed by atoms with van der Waals surface area (Å²) in [5, 5.41) is 18.5. The molecule has 2 aliphatic carbocycles. The number of nitrogens with zero attached hydrogens (tertiary/aromatic N) is 4. The molecular formula is C20H36IN7O. The predicted octanol–water partition coefficient (Wildman–Crippen LogP) is 2.41. The molecule has 3 N–H and O–H groups in total. The number of aromatic nitrogens is 3. The highest BCUT2D eigenvalue weighted by molar-refractivity contribution is 14.0. The summed E-state index contributed by atoms with van der Waals surface area (Å²) in [4.78, 5) is 17.2. The van der Waals surface area contributed by atoms with Crippen LogP contribution in [0.1, 0.15) is 69.9 Å². The minimum atomic E-state index is 0. The first-order chi connectivity index (χ1) is 13.6. The van der Waals surface area contributed by atoms with Crippen LogP contribution in [0.25, 0.3) is 0 Å². The molecule has 0 bridgehead atoms. The lowest BCUT2D eigenvalue weighted by atomic mass is 9.85. The molecule has 1 heterocycles. The lowest BCUT2D eigenvalue weighted by Crippen LogP contribution is -2.47. The molecule has 1 amide bonds. The fourth-order valence-electron chi connectivity index (χ4n) is 3.57. The number of aryl methyl sites for hydroxylation is 1. The molecule has 2 fully saturated rings. The molecule has 1 aromatic heterocycles. The SMILES string of the molecule is CCCCNC(=NCc1nnc(C)n1C)NC1CCCC(C(=O)NC2CC2)C1.I. The lowest BCUT2D eigenvalue weighted by Gasteiger charge is -2.30. The largest absolute Gasteiger partial charge is 0.356 e. The molecule has 164 valence electrons. The highest BCUT2D eigenvalue weighted by Gasteiger charge is 2.31. The van der Waals surface area contributed by atoms with E-state index in [0.29, 0.717) is 12.6 Å². The number of amides is 1. The van der Waals surface area contributed by atoms with Gasteiger partial charge in [-0.1, -0.05) is 19.8 Å². The highest BCUT2D eigenvalue weighted by Crippen LogP contribution is 2.26. The normalized spacial score (nSPS) is 22.0. The van der Waals surface area contributed by atoms with E-state index >= 15 is 0 Å². The Morgan fingerprint density at radius 3 is 2.62 bits per heavy atom. The molecule has 2 saturated carbocycles. The van der Waals surface area contributed by atoms with Crippen LogP contribution in [0.3, 0.4) is 0 Å². The van der Waals surface area contributed by atoms with Crippen LogP contribution in [0.4, 0.5) is 0 Å². The Bertz CT molecular complexity index is 686. The standard InChI is InChI=1S/C20H35N7O.HI/c1-4-5-11-21-20(22-13-18-26-25-14(2)27(18)3)24-17-8-6-7-15(12-17)19(28)23-16-9-10-16;/h15-17H,4-13H2,1-3H3,(H,23,28)(H2,21,22,24);1H. The molecule has 3 rings (SSSR count). The van der Waals surface area contributed by atoms with Crippen molar-refractivity contribution in [1.29, 1.82) is 0 Å². The van der Waals surface area contributed by atoms with Crippen molar-refractivity contribution in [2.24, 2.45) is 18.0 Å². The van der Waals surface area contributed by atoms with Crippen LogP contribution in [-0.4, -0.2) is 45.3 Å². The Kier molecular flexibility index (Phi) is 9.64. The fourth-order valence-corrected chi connectivity index (χ4v) is 3.57. The third-order valence-corrected chi connectivity index (χ3v) is 5.69. The molecule has 0 aliphatic heterocycles. The van der Waals surface area contributed by atoms with E-state index in [0.717, 1.165) is 75.5 Å². The van der Waals surface area contributed by atoms with Crippen LogP contribution in [0.5, 0.6) is 0 Å². The van der Waals surface area contributed by atoms with E-state index in [9.17, 15) is 4.79 Å². The van der Waals surface area contributed by atoms with E-state index in [4.69, 9.17) is 4.99 Å². The van der Waals surface area contributed by atoms with Gasteiger partial charge in [-0.25, -0.2) is 4.99 Å². The van der Waals surface area contributed by atoms with Crippen molar-refractivity contribution in [2.75, 3.05) is 6.54 Å². The predicted molar refractivity (Wildman–Crippen MR) is 125 cm³/mol. The molecule has 2 aliphatic rings. The van der Waals surface area contributed by atoms with Crippen molar-refractivity contribution in [3.63, 3.8) is 0 Å². The number of hydrogen-bond acceptors (Lipinski definition) is 4. The molecule has 0 saturated heterocycles. The molecule has 8 nitrogen and oxygen atoms in total. The van der Waals surface area contributed by atoms with E-state index in [1.54, 1.807) is 0 Å². The summed E-state index contributed by atoms with van der Waals surface area (Å²) in [5.41, 5.74) is 0.